The van der Waals surface area contributed by atoms with Gasteiger partial charge in [-0.2, -0.15) is 0 Å². The lowest BCUT2D eigenvalue weighted by atomic mass is 9.90. The lowest BCUT2D eigenvalue weighted by Crippen LogP contribution is -2.30. The van der Waals surface area contributed by atoms with Crippen molar-refractivity contribution in [1.82, 2.24) is 14.1 Å². The Hall–Kier alpha value is -7.10. The molecule has 0 spiro atoms. The number of aromatic nitrogens is 3. The Morgan fingerprint density at radius 1 is 0.441 bits per heavy atom. The van der Waals surface area contributed by atoms with Crippen LogP contribution in [0.15, 0.2) is 176 Å². The van der Waals surface area contributed by atoms with Crippen molar-refractivity contribution in [2.45, 2.75) is 39.5 Å². The van der Waals surface area contributed by atoms with E-state index in [0.29, 0.717) is 0 Å². The molecule has 2 aliphatic rings. The van der Waals surface area contributed by atoms with Gasteiger partial charge in [0.25, 0.3) is 0 Å². The van der Waals surface area contributed by atoms with Gasteiger partial charge in [0.05, 0.1) is 16.6 Å². The van der Waals surface area contributed by atoms with Gasteiger partial charge in [0, 0.05) is 54.7 Å². The van der Waals surface area contributed by atoms with Crippen LogP contribution in [0, 0.1) is 0 Å². The Labute approximate surface area is 345 Å². The van der Waals surface area contributed by atoms with Crippen LogP contribution in [0.25, 0.3) is 89.9 Å². The summed E-state index contributed by atoms with van der Waals surface area (Å²) in [6, 6.07) is 63.4. The van der Waals surface area contributed by atoms with Crippen LogP contribution < -0.4 is 10.6 Å². The van der Waals surface area contributed by atoms with Crippen molar-refractivity contribution in [2.24, 2.45) is 0 Å². The highest BCUT2D eigenvalue weighted by molar-refractivity contribution is 6.11. The van der Waals surface area contributed by atoms with Crippen molar-refractivity contribution in [3.8, 4) is 22.5 Å². The fourth-order valence-corrected chi connectivity index (χ4v) is 9.22. The Morgan fingerprint density at radius 3 is 1.76 bits per heavy atom. The van der Waals surface area contributed by atoms with Crippen LogP contribution in [0.5, 0.6) is 0 Å². The predicted octanol–water partition coefficient (Wildman–Crippen LogP) is 13.4. The second-order valence-electron chi connectivity index (χ2n) is 15.2. The van der Waals surface area contributed by atoms with Crippen LogP contribution in [-0.4, -0.2) is 14.1 Å². The first-order valence-corrected chi connectivity index (χ1v) is 21.1. The van der Waals surface area contributed by atoms with Gasteiger partial charge in [-0.05, 0) is 120 Å². The molecule has 0 unspecified atom stereocenters. The third-order valence-corrected chi connectivity index (χ3v) is 11.9. The molecule has 0 saturated heterocycles. The highest BCUT2D eigenvalue weighted by Gasteiger charge is 2.20. The van der Waals surface area contributed by atoms with Crippen molar-refractivity contribution in [2.75, 3.05) is 0 Å². The lowest BCUT2D eigenvalue weighted by Gasteiger charge is -2.15. The molecule has 286 valence electrons. The highest BCUT2D eigenvalue weighted by atomic mass is 15.0. The summed E-state index contributed by atoms with van der Waals surface area (Å²) in [4.78, 5) is 3.68. The fourth-order valence-electron chi connectivity index (χ4n) is 9.22. The molecule has 3 heteroatoms. The summed E-state index contributed by atoms with van der Waals surface area (Å²) < 4.78 is 4.87. The molecule has 0 saturated carbocycles. The van der Waals surface area contributed by atoms with Crippen molar-refractivity contribution < 1.29 is 0 Å². The summed E-state index contributed by atoms with van der Waals surface area (Å²) in [5.41, 5.74) is 15.2. The zero-order valence-electron chi connectivity index (χ0n) is 33.7. The first-order chi connectivity index (χ1) is 29.3. The van der Waals surface area contributed by atoms with Crippen LogP contribution in [0.4, 0.5) is 0 Å². The molecule has 0 fully saturated rings. The van der Waals surface area contributed by atoms with E-state index < -0.39 is 0 Å². The molecular weight excluding hydrogens is 715 g/mol. The average Bonchev–Trinajstić information content (AvgIpc) is 3.97. The number of para-hydroxylation sites is 3. The van der Waals surface area contributed by atoms with Crippen LogP contribution in [-0.2, 0) is 6.42 Å². The van der Waals surface area contributed by atoms with Crippen LogP contribution in [0.1, 0.15) is 49.9 Å². The molecule has 0 amide bonds. The topological polar surface area (TPSA) is 25.6 Å². The van der Waals surface area contributed by atoms with Gasteiger partial charge in [0.1, 0.15) is 0 Å². The third kappa shape index (κ3) is 6.49. The lowest BCUT2D eigenvalue weighted by molar-refractivity contribution is 1.01. The molecule has 3 aromatic heterocycles. The third-order valence-electron chi connectivity index (χ3n) is 11.9. The fraction of sp³-hybridized carbons (Fsp3) is 0.107. The minimum atomic E-state index is 1.04. The minimum absolute atomic E-state index is 1.04. The molecule has 0 aliphatic heterocycles. The van der Waals surface area contributed by atoms with E-state index in [-0.39, 0.29) is 0 Å². The van der Waals surface area contributed by atoms with Gasteiger partial charge in [0.2, 0.25) is 0 Å². The Morgan fingerprint density at radius 2 is 1.02 bits per heavy atom. The minimum Gasteiger partial charge on any atom is -0.355 e. The number of aromatic amines is 1. The van der Waals surface area contributed by atoms with E-state index in [0.717, 1.165) is 25.7 Å². The molecular formula is C56H47N3. The van der Waals surface area contributed by atoms with Gasteiger partial charge < -0.3 is 14.1 Å². The second-order valence-corrected chi connectivity index (χ2v) is 15.2. The molecule has 10 aromatic rings. The van der Waals surface area contributed by atoms with Crippen LogP contribution >= 0.6 is 0 Å². The van der Waals surface area contributed by atoms with Crippen molar-refractivity contribution in [3.63, 3.8) is 0 Å². The van der Waals surface area contributed by atoms with Crippen molar-refractivity contribution in [3.05, 3.63) is 203 Å². The molecule has 2 aliphatic carbocycles. The number of fused-ring (bicyclic) bond motifs is 9. The summed E-state index contributed by atoms with van der Waals surface area (Å²) in [5.74, 6) is 0. The number of allylic oxidation sites excluding steroid dienone is 1. The molecule has 0 radical (unpaired) electrons. The number of hydrogen-bond acceptors (Lipinski definition) is 0. The van der Waals surface area contributed by atoms with E-state index in [2.05, 4.69) is 172 Å². The molecule has 3 nitrogen and oxygen atoms in total. The Kier molecular flexibility index (Phi) is 9.64. The zero-order valence-corrected chi connectivity index (χ0v) is 33.7. The molecule has 59 heavy (non-hydrogen) atoms. The molecule has 0 bridgehead atoms. The number of rotatable bonds is 4. The number of H-pyrrole nitrogens is 1. The summed E-state index contributed by atoms with van der Waals surface area (Å²) in [6.45, 7) is 4.00. The van der Waals surface area contributed by atoms with Crippen LogP contribution in [0.3, 0.4) is 0 Å². The molecule has 1 N–H and O–H groups in total. The predicted molar refractivity (Wildman–Crippen MR) is 253 cm³/mol. The number of nitrogens with one attached hydrogen (secondary N) is 1. The van der Waals surface area contributed by atoms with Crippen LogP contribution in [0.2, 0.25) is 0 Å². The number of nitrogens with zero attached hydrogens (tertiary/aromatic N) is 2. The standard InChI is InChI=1S/C48H35N3.C6H6.C2H6/c1-3-11-35(12-4-1)50-45-18-10-8-16-39(45)41-28-32(22-25-46(41)50)34-20-24-40-42-27-31(21-26-47(42)51(48(40)30-34)36-13-5-2-6-14-36)33-19-23-38-37-15-7-9-17-43(37)49-44(38)29-33;1-2-4-6-5-3-1;1-2/h1-7,9,11-18,20-22,24-30,49H,8,10,19,23H2;1-6H;1-2H3. The highest BCUT2D eigenvalue weighted by Crippen LogP contribution is 2.39. The molecule has 3 heterocycles. The summed E-state index contributed by atoms with van der Waals surface area (Å²) >= 11 is 0. The van der Waals surface area contributed by atoms with Gasteiger partial charge in [0.15, 0.2) is 0 Å². The van der Waals surface area contributed by atoms with Gasteiger partial charge in [-0.25, -0.2) is 0 Å². The molecule has 7 aromatic carbocycles. The van der Waals surface area contributed by atoms with Crippen molar-refractivity contribution in [1.29, 1.82) is 0 Å². The van der Waals surface area contributed by atoms with E-state index in [1.807, 2.05) is 50.2 Å². The number of hydrogen-bond donors (Lipinski definition) is 1. The maximum atomic E-state index is 3.68. The average molecular weight is 762 g/mol. The van der Waals surface area contributed by atoms with E-state index >= 15 is 0 Å². The smallest absolute Gasteiger partial charge is 0.0547 e. The molecule has 12 rings (SSSR count). The second kappa shape index (κ2) is 15.7. The summed E-state index contributed by atoms with van der Waals surface area (Å²) in [5, 5.41) is 7.89. The van der Waals surface area contributed by atoms with E-state index in [4.69, 9.17) is 0 Å². The van der Waals surface area contributed by atoms with Gasteiger partial charge in [-0.15, -0.1) is 0 Å². The summed E-state index contributed by atoms with van der Waals surface area (Å²) in [7, 11) is 0. The maximum absolute atomic E-state index is 3.68. The first kappa shape index (κ1) is 36.3. The Bertz CT molecular complexity index is 3240. The van der Waals surface area contributed by atoms with Gasteiger partial charge in [-0.1, -0.05) is 141 Å². The van der Waals surface area contributed by atoms with E-state index in [9.17, 15) is 0 Å². The SMILES string of the molecule is C1=C(c2ccc3c(c2)c2ccc(-c4ccc5c(c4)c4c(n5-c5ccccc5)=CCCC=4)cc2n3-c2ccccc2)CCc2c1[nH]c1ccccc21.CC.c1ccccc1. The quantitative estimate of drug-likeness (QED) is 0.185. The van der Waals surface area contributed by atoms with E-state index in [1.54, 1.807) is 0 Å². The normalized spacial score (nSPS) is 13.0. The van der Waals surface area contributed by atoms with Crippen molar-refractivity contribution >= 4 is 67.4 Å². The number of benzene rings is 7. The Balaban J connectivity index is 0.000000479. The van der Waals surface area contributed by atoms with E-state index in [1.165, 1.54) is 99.1 Å². The van der Waals surface area contributed by atoms with Gasteiger partial charge >= 0.3 is 0 Å². The monoisotopic (exact) mass is 761 g/mol. The molecule has 0 atom stereocenters. The zero-order chi connectivity index (χ0) is 39.7. The largest absolute Gasteiger partial charge is 0.355 e. The number of aryl methyl sites for hydroxylation is 1. The maximum Gasteiger partial charge on any atom is 0.0547 e. The first-order valence-electron chi connectivity index (χ1n) is 21.1. The van der Waals surface area contributed by atoms with Gasteiger partial charge in [-0.3, -0.25) is 0 Å². The summed E-state index contributed by atoms with van der Waals surface area (Å²) in [6.07, 6.45) is 11.5.